The van der Waals surface area contributed by atoms with Gasteiger partial charge in [-0.1, -0.05) is 43.0 Å². The molecular weight excluding hydrogens is 350 g/mol. The molecule has 1 aliphatic heterocycles. The van der Waals surface area contributed by atoms with Crippen LogP contribution in [-0.2, 0) is 4.74 Å². The van der Waals surface area contributed by atoms with E-state index < -0.39 is 0 Å². The van der Waals surface area contributed by atoms with Crippen LogP contribution in [0.15, 0.2) is 24.3 Å². The van der Waals surface area contributed by atoms with Gasteiger partial charge in [-0.05, 0) is 47.9 Å². The third kappa shape index (κ3) is 3.77. The Bertz CT molecular complexity index is 713. The van der Waals surface area contributed by atoms with Crippen molar-refractivity contribution >= 4 is 11.6 Å². The van der Waals surface area contributed by atoms with Crippen LogP contribution in [-0.4, -0.2) is 44.8 Å². The number of hydrogen-bond donors (Lipinski definition) is 0. The average Bonchev–Trinajstić information content (AvgIpc) is 3.18. The SMILES string of the molecule is CC(c1nnnn1C1CCCCC1)N1CCOC(c2ccc(Cl)cc2)C1. The summed E-state index contributed by atoms with van der Waals surface area (Å²) in [6, 6.07) is 8.56. The summed E-state index contributed by atoms with van der Waals surface area (Å²) >= 11 is 6.01. The van der Waals surface area contributed by atoms with Crippen LogP contribution in [0.5, 0.6) is 0 Å². The third-order valence-corrected chi connectivity index (χ3v) is 5.95. The summed E-state index contributed by atoms with van der Waals surface area (Å²) in [4.78, 5) is 2.42. The number of aromatic nitrogens is 4. The van der Waals surface area contributed by atoms with E-state index in [1.54, 1.807) is 0 Å². The van der Waals surface area contributed by atoms with Gasteiger partial charge in [0.05, 0.1) is 24.8 Å². The van der Waals surface area contributed by atoms with Crippen LogP contribution in [0.2, 0.25) is 5.02 Å². The van der Waals surface area contributed by atoms with Gasteiger partial charge in [-0.15, -0.1) is 5.10 Å². The second kappa shape index (κ2) is 8.03. The van der Waals surface area contributed by atoms with E-state index >= 15 is 0 Å². The van der Waals surface area contributed by atoms with Crippen molar-refractivity contribution in [1.29, 1.82) is 0 Å². The molecule has 2 heterocycles. The van der Waals surface area contributed by atoms with Gasteiger partial charge in [0.1, 0.15) is 0 Å². The lowest BCUT2D eigenvalue weighted by Crippen LogP contribution is -2.41. The molecule has 0 spiro atoms. The normalized spacial score (nSPS) is 23.8. The Morgan fingerprint density at radius 1 is 1.15 bits per heavy atom. The van der Waals surface area contributed by atoms with E-state index in [9.17, 15) is 0 Å². The van der Waals surface area contributed by atoms with Gasteiger partial charge >= 0.3 is 0 Å². The Balaban J connectivity index is 1.48. The topological polar surface area (TPSA) is 56.1 Å². The number of hydrogen-bond acceptors (Lipinski definition) is 5. The number of rotatable bonds is 4. The highest BCUT2D eigenvalue weighted by molar-refractivity contribution is 6.30. The van der Waals surface area contributed by atoms with Crippen molar-refractivity contribution in [2.75, 3.05) is 19.7 Å². The molecule has 1 aliphatic carbocycles. The maximum Gasteiger partial charge on any atom is 0.168 e. The molecule has 0 bridgehead atoms. The van der Waals surface area contributed by atoms with Gasteiger partial charge in [0.2, 0.25) is 0 Å². The molecule has 2 fully saturated rings. The molecule has 4 rings (SSSR count). The van der Waals surface area contributed by atoms with Crippen molar-refractivity contribution in [2.24, 2.45) is 0 Å². The van der Waals surface area contributed by atoms with Crippen molar-refractivity contribution in [3.05, 3.63) is 40.7 Å². The maximum atomic E-state index is 6.01. The zero-order valence-corrected chi connectivity index (χ0v) is 16.0. The minimum Gasteiger partial charge on any atom is -0.371 e. The van der Waals surface area contributed by atoms with Crippen molar-refractivity contribution < 1.29 is 4.74 Å². The van der Waals surface area contributed by atoms with E-state index in [2.05, 4.69) is 32.0 Å². The summed E-state index contributed by atoms with van der Waals surface area (Å²) in [5, 5.41) is 13.4. The number of tetrazole rings is 1. The molecule has 7 heteroatoms. The molecule has 0 N–H and O–H groups in total. The van der Waals surface area contributed by atoms with E-state index in [0.717, 1.165) is 29.5 Å². The Morgan fingerprint density at radius 2 is 1.92 bits per heavy atom. The van der Waals surface area contributed by atoms with Crippen LogP contribution in [0, 0.1) is 0 Å². The van der Waals surface area contributed by atoms with Crippen molar-refractivity contribution in [1.82, 2.24) is 25.1 Å². The van der Waals surface area contributed by atoms with E-state index in [4.69, 9.17) is 16.3 Å². The quantitative estimate of drug-likeness (QED) is 0.809. The van der Waals surface area contributed by atoms with Gasteiger partial charge in [0.25, 0.3) is 0 Å². The monoisotopic (exact) mass is 375 g/mol. The molecule has 2 atom stereocenters. The largest absolute Gasteiger partial charge is 0.371 e. The van der Waals surface area contributed by atoms with Crippen LogP contribution in [0.3, 0.4) is 0 Å². The summed E-state index contributed by atoms with van der Waals surface area (Å²) < 4.78 is 8.08. The molecule has 1 aromatic carbocycles. The Morgan fingerprint density at radius 3 is 2.69 bits per heavy atom. The molecule has 2 unspecified atom stereocenters. The predicted octanol–water partition coefficient (Wildman–Crippen LogP) is 3.97. The summed E-state index contributed by atoms with van der Waals surface area (Å²) in [7, 11) is 0. The Kier molecular flexibility index (Phi) is 5.52. The standard InChI is InChI=1S/C19H26ClN5O/c1-14(19-21-22-23-25(19)17-5-3-2-4-6-17)24-11-12-26-18(13-24)15-7-9-16(20)10-8-15/h7-10,14,17-18H,2-6,11-13H2,1H3. The van der Waals surface area contributed by atoms with Gasteiger partial charge in [-0.3, -0.25) is 4.90 Å². The van der Waals surface area contributed by atoms with E-state index in [0.29, 0.717) is 12.6 Å². The highest BCUT2D eigenvalue weighted by Crippen LogP contribution is 2.32. The van der Waals surface area contributed by atoms with Gasteiger partial charge in [0, 0.05) is 18.1 Å². The van der Waals surface area contributed by atoms with Crippen LogP contribution in [0.4, 0.5) is 0 Å². The second-order valence-corrected chi connectivity index (χ2v) is 7.79. The average molecular weight is 376 g/mol. The van der Waals surface area contributed by atoms with Gasteiger partial charge in [-0.25, -0.2) is 4.68 Å². The summed E-state index contributed by atoms with van der Waals surface area (Å²) in [5.41, 5.74) is 1.16. The van der Waals surface area contributed by atoms with Gasteiger partial charge < -0.3 is 4.74 Å². The molecule has 0 radical (unpaired) electrons. The third-order valence-electron chi connectivity index (χ3n) is 5.70. The first-order chi connectivity index (χ1) is 12.7. The number of nitrogens with zero attached hydrogens (tertiary/aromatic N) is 5. The molecule has 26 heavy (non-hydrogen) atoms. The fourth-order valence-corrected chi connectivity index (χ4v) is 4.25. The van der Waals surface area contributed by atoms with Gasteiger partial charge in [0.15, 0.2) is 5.82 Å². The number of halogens is 1. The van der Waals surface area contributed by atoms with Gasteiger partial charge in [-0.2, -0.15) is 0 Å². The molecular formula is C19H26ClN5O. The first-order valence-corrected chi connectivity index (χ1v) is 9.99. The minimum absolute atomic E-state index is 0.0578. The molecule has 2 aliphatic rings. The first kappa shape index (κ1) is 17.9. The lowest BCUT2D eigenvalue weighted by molar-refractivity contribution is -0.0450. The number of benzene rings is 1. The molecule has 6 nitrogen and oxygen atoms in total. The van der Waals surface area contributed by atoms with Crippen LogP contribution in [0.25, 0.3) is 0 Å². The summed E-state index contributed by atoms with van der Waals surface area (Å²) in [6.07, 6.45) is 6.30. The molecule has 2 aromatic rings. The molecule has 1 saturated heterocycles. The number of morpholine rings is 1. The highest BCUT2D eigenvalue weighted by Gasteiger charge is 2.30. The van der Waals surface area contributed by atoms with Crippen molar-refractivity contribution in [2.45, 2.75) is 57.2 Å². The van der Waals surface area contributed by atoms with Crippen molar-refractivity contribution in [3.63, 3.8) is 0 Å². The molecule has 1 aromatic heterocycles. The van der Waals surface area contributed by atoms with Crippen LogP contribution in [0.1, 0.15) is 68.6 Å². The van der Waals surface area contributed by atoms with Crippen molar-refractivity contribution in [3.8, 4) is 0 Å². The lowest BCUT2D eigenvalue weighted by atomic mass is 9.95. The fourth-order valence-electron chi connectivity index (χ4n) is 4.12. The van der Waals surface area contributed by atoms with Crippen LogP contribution < -0.4 is 0 Å². The second-order valence-electron chi connectivity index (χ2n) is 7.36. The first-order valence-electron chi connectivity index (χ1n) is 9.61. The molecule has 140 valence electrons. The zero-order valence-electron chi connectivity index (χ0n) is 15.2. The van der Waals surface area contributed by atoms with E-state index in [-0.39, 0.29) is 12.1 Å². The fraction of sp³-hybridized carbons (Fsp3) is 0.632. The summed E-state index contributed by atoms with van der Waals surface area (Å²) in [6.45, 7) is 4.64. The minimum atomic E-state index is 0.0578. The predicted molar refractivity (Wildman–Crippen MR) is 100 cm³/mol. The molecule has 0 amide bonds. The number of ether oxygens (including phenoxy) is 1. The lowest BCUT2D eigenvalue weighted by Gasteiger charge is -2.37. The summed E-state index contributed by atoms with van der Waals surface area (Å²) in [5.74, 6) is 0.980. The highest BCUT2D eigenvalue weighted by atomic mass is 35.5. The van der Waals surface area contributed by atoms with Crippen LogP contribution >= 0.6 is 11.6 Å². The maximum absolute atomic E-state index is 6.01. The van der Waals surface area contributed by atoms with E-state index in [1.165, 1.54) is 32.1 Å². The zero-order chi connectivity index (χ0) is 17.9. The smallest absolute Gasteiger partial charge is 0.168 e. The van der Waals surface area contributed by atoms with E-state index in [1.807, 2.05) is 24.3 Å². The molecule has 1 saturated carbocycles. The Hall–Kier alpha value is -1.50. The Labute approximate surface area is 159 Å².